The molecule has 1 aromatic carbocycles. The van der Waals surface area contributed by atoms with E-state index in [9.17, 15) is 9.18 Å². The first-order valence-electron chi connectivity index (χ1n) is 8.34. The van der Waals surface area contributed by atoms with Crippen LogP contribution in [-0.2, 0) is 6.54 Å². The molecule has 2 heterocycles. The van der Waals surface area contributed by atoms with Crippen molar-refractivity contribution in [1.82, 2.24) is 9.88 Å². The molecular weight excluding hydrogens is 305 g/mol. The molecule has 24 heavy (non-hydrogen) atoms. The van der Waals surface area contributed by atoms with Gasteiger partial charge in [0, 0.05) is 32.0 Å². The van der Waals surface area contributed by atoms with Crippen LogP contribution in [0.25, 0.3) is 0 Å². The Bertz CT molecular complexity index is 694. The zero-order chi connectivity index (χ0) is 16.9. The Kier molecular flexibility index (Phi) is 5.08. The quantitative estimate of drug-likeness (QED) is 0.931. The highest BCUT2D eigenvalue weighted by molar-refractivity contribution is 5.94. The normalized spacial score (nSPS) is 15.3. The van der Waals surface area contributed by atoms with Gasteiger partial charge < -0.3 is 10.2 Å². The first-order chi connectivity index (χ1) is 11.6. The fourth-order valence-corrected chi connectivity index (χ4v) is 2.85. The van der Waals surface area contributed by atoms with Crippen LogP contribution in [0.4, 0.5) is 10.1 Å². The number of benzene rings is 1. The van der Waals surface area contributed by atoms with E-state index in [1.807, 2.05) is 11.0 Å². The molecule has 3 rings (SSSR count). The van der Waals surface area contributed by atoms with E-state index in [1.54, 1.807) is 24.5 Å². The van der Waals surface area contributed by atoms with Crippen LogP contribution >= 0.6 is 0 Å². The van der Waals surface area contributed by atoms with Gasteiger partial charge in [0.1, 0.15) is 5.82 Å². The fourth-order valence-electron chi connectivity index (χ4n) is 2.85. The number of carbonyl (C=O) groups excluding carboxylic acids is 1. The number of amides is 1. The predicted molar refractivity (Wildman–Crippen MR) is 92.3 cm³/mol. The van der Waals surface area contributed by atoms with Gasteiger partial charge >= 0.3 is 0 Å². The molecule has 1 aliphatic rings. The van der Waals surface area contributed by atoms with Gasteiger partial charge in [0.15, 0.2) is 0 Å². The molecule has 5 heteroatoms. The Labute approximate surface area is 141 Å². The summed E-state index contributed by atoms with van der Waals surface area (Å²) in [6.07, 6.45) is 5.42. The molecule has 1 aliphatic heterocycles. The first-order valence-corrected chi connectivity index (χ1v) is 8.34. The molecule has 0 spiro atoms. The minimum atomic E-state index is -0.246. The number of hydrogen-bond acceptors (Lipinski definition) is 3. The van der Waals surface area contributed by atoms with Gasteiger partial charge in [-0.05, 0) is 42.5 Å². The maximum Gasteiger partial charge on any atom is 0.255 e. The van der Waals surface area contributed by atoms with Crippen molar-refractivity contribution in [3.63, 3.8) is 0 Å². The van der Waals surface area contributed by atoms with Crippen molar-refractivity contribution < 1.29 is 9.18 Å². The topological polar surface area (TPSA) is 45.2 Å². The Balaban J connectivity index is 1.63. The highest BCUT2D eigenvalue weighted by atomic mass is 19.1. The highest BCUT2D eigenvalue weighted by Crippen LogP contribution is 2.19. The lowest BCUT2D eigenvalue weighted by molar-refractivity contribution is 0.0697. The lowest BCUT2D eigenvalue weighted by atomic mass is 9.99. The van der Waals surface area contributed by atoms with Crippen LogP contribution in [0.15, 0.2) is 42.7 Å². The van der Waals surface area contributed by atoms with Crippen molar-refractivity contribution in [1.29, 1.82) is 0 Å². The van der Waals surface area contributed by atoms with E-state index in [-0.39, 0.29) is 11.7 Å². The van der Waals surface area contributed by atoms with E-state index >= 15 is 0 Å². The summed E-state index contributed by atoms with van der Waals surface area (Å²) in [7, 11) is 0. The molecule has 2 aromatic rings. The number of hydrogen-bond donors (Lipinski definition) is 1. The van der Waals surface area contributed by atoms with Crippen molar-refractivity contribution >= 4 is 11.6 Å². The summed E-state index contributed by atoms with van der Waals surface area (Å²) in [5.74, 6) is 0.486. The molecule has 1 aromatic heterocycles. The van der Waals surface area contributed by atoms with Crippen molar-refractivity contribution in [2.45, 2.75) is 26.3 Å². The number of carbonyl (C=O) groups is 1. The lowest BCUT2D eigenvalue weighted by Crippen LogP contribution is -2.37. The molecular formula is C19H22FN3O. The maximum atomic E-state index is 12.9. The van der Waals surface area contributed by atoms with Crippen LogP contribution in [0.3, 0.4) is 0 Å². The van der Waals surface area contributed by atoms with Gasteiger partial charge in [0.2, 0.25) is 0 Å². The van der Waals surface area contributed by atoms with Crippen LogP contribution < -0.4 is 5.32 Å². The van der Waals surface area contributed by atoms with E-state index in [0.717, 1.165) is 37.2 Å². The Morgan fingerprint density at radius 1 is 1.25 bits per heavy atom. The summed E-state index contributed by atoms with van der Waals surface area (Å²) >= 11 is 0. The monoisotopic (exact) mass is 327 g/mol. The van der Waals surface area contributed by atoms with Crippen LogP contribution in [-0.4, -0.2) is 28.9 Å². The zero-order valence-corrected chi connectivity index (χ0v) is 13.8. The molecule has 1 saturated heterocycles. The minimum absolute atomic E-state index is 0.0415. The number of pyridine rings is 1. The smallest absolute Gasteiger partial charge is 0.255 e. The van der Waals surface area contributed by atoms with Crippen molar-refractivity contribution in [2.24, 2.45) is 5.92 Å². The Morgan fingerprint density at radius 2 is 1.96 bits per heavy atom. The third kappa shape index (κ3) is 4.10. The third-order valence-electron chi connectivity index (χ3n) is 4.47. The van der Waals surface area contributed by atoms with Gasteiger partial charge in [-0.1, -0.05) is 19.1 Å². The largest absolute Gasteiger partial charge is 0.380 e. The minimum Gasteiger partial charge on any atom is -0.380 e. The molecule has 1 fully saturated rings. The van der Waals surface area contributed by atoms with Gasteiger partial charge in [0.05, 0.1) is 11.3 Å². The van der Waals surface area contributed by atoms with E-state index < -0.39 is 0 Å². The number of piperidine rings is 1. The van der Waals surface area contributed by atoms with Crippen molar-refractivity contribution in [3.05, 3.63) is 59.7 Å². The van der Waals surface area contributed by atoms with Gasteiger partial charge in [-0.2, -0.15) is 0 Å². The molecule has 0 atom stereocenters. The maximum absolute atomic E-state index is 12.9. The van der Waals surface area contributed by atoms with E-state index in [4.69, 9.17) is 0 Å². The molecule has 1 N–H and O–H groups in total. The average Bonchev–Trinajstić information content (AvgIpc) is 2.61. The molecule has 0 bridgehead atoms. The first kappa shape index (κ1) is 16.4. The molecule has 0 aliphatic carbocycles. The SMILES string of the molecule is CC1CCN(C(=O)c2cncc(NCc3ccc(F)cc3)c2)CC1. The Morgan fingerprint density at radius 3 is 2.67 bits per heavy atom. The fraction of sp³-hybridized carbons (Fsp3) is 0.368. The van der Waals surface area contributed by atoms with Crippen LogP contribution in [0.5, 0.6) is 0 Å². The summed E-state index contributed by atoms with van der Waals surface area (Å²) in [6.45, 7) is 4.41. The van der Waals surface area contributed by atoms with E-state index in [0.29, 0.717) is 18.0 Å². The number of aromatic nitrogens is 1. The van der Waals surface area contributed by atoms with Gasteiger partial charge in [-0.3, -0.25) is 9.78 Å². The number of rotatable bonds is 4. The van der Waals surface area contributed by atoms with Crippen molar-refractivity contribution in [3.8, 4) is 0 Å². The third-order valence-corrected chi connectivity index (χ3v) is 4.47. The highest BCUT2D eigenvalue weighted by Gasteiger charge is 2.21. The summed E-state index contributed by atoms with van der Waals surface area (Å²) in [4.78, 5) is 18.7. The van der Waals surface area contributed by atoms with Crippen LogP contribution in [0.1, 0.15) is 35.7 Å². The van der Waals surface area contributed by atoms with Crippen LogP contribution in [0, 0.1) is 11.7 Å². The lowest BCUT2D eigenvalue weighted by Gasteiger charge is -2.30. The number of anilines is 1. The summed E-state index contributed by atoms with van der Waals surface area (Å²) < 4.78 is 12.9. The second-order valence-electron chi connectivity index (χ2n) is 6.42. The second kappa shape index (κ2) is 7.43. The van der Waals surface area contributed by atoms with E-state index in [2.05, 4.69) is 17.2 Å². The average molecular weight is 327 g/mol. The van der Waals surface area contributed by atoms with E-state index in [1.165, 1.54) is 12.1 Å². The number of nitrogens with zero attached hydrogens (tertiary/aromatic N) is 2. The Hall–Kier alpha value is -2.43. The molecule has 1 amide bonds. The number of nitrogens with one attached hydrogen (secondary N) is 1. The standard InChI is InChI=1S/C19H22FN3O/c1-14-6-8-23(9-7-14)19(24)16-10-18(13-21-12-16)22-11-15-2-4-17(20)5-3-15/h2-5,10,12-14,22H,6-9,11H2,1H3. The van der Waals surface area contributed by atoms with Crippen molar-refractivity contribution in [2.75, 3.05) is 18.4 Å². The van der Waals surface area contributed by atoms with Crippen LogP contribution in [0.2, 0.25) is 0 Å². The molecule has 0 radical (unpaired) electrons. The van der Waals surface area contributed by atoms with Gasteiger partial charge in [-0.25, -0.2) is 4.39 Å². The molecule has 0 saturated carbocycles. The molecule has 4 nitrogen and oxygen atoms in total. The van der Waals surface area contributed by atoms with Gasteiger partial charge in [-0.15, -0.1) is 0 Å². The number of halogens is 1. The molecule has 0 unspecified atom stereocenters. The summed E-state index contributed by atoms with van der Waals surface area (Å²) in [5, 5.41) is 3.23. The summed E-state index contributed by atoms with van der Waals surface area (Å²) in [6, 6.07) is 8.18. The van der Waals surface area contributed by atoms with Gasteiger partial charge in [0.25, 0.3) is 5.91 Å². The second-order valence-corrected chi connectivity index (χ2v) is 6.42. The number of likely N-dealkylation sites (tertiary alicyclic amines) is 1. The summed E-state index contributed by atoms with van der Waals surface area (Å²) in [5.41, 5.74) is 2.36. The zero-order valence-electron chi connectivity index (χ0n) is 13.8. The predicted octanol–water partition coefficient (Wildman–Crippen LogP) is 3.70. The molecule has 126 valence electrons.